The van der Waals surface area contributed by atoms with Crippen LogP contribution in [0.3, 0.4) is 0 Å². The van der Waals surface area contributed by atoms with E-state index in [0.29, 0.717) is 17.9 Å². The van der Waals surface area contributed by atoms with Crippen LogP contribution in [0.2, 0.25) is 0 Å². The van der Waals surface area contributed by atoms with E-state index in [0.717, 1.165) is 32.4 Å². The van der Waals surface area contributed by atoms with Gasteiger partial charge in [0.05, 0.1) is 6.33 Å². The maximum Gasteiger partial charge on any atom is 0.248 e. The highest BCUT2D eigenvalue weighted by molar-refractivity contribution is 5.92. The molecule has 0 radical (unpaired) electrons. The van der Waals surface area contributed by atoms with Gasteiger partial charge in [-0.15, -0.1) is 0 Å². The molecule has 0 spiro atoms. The molecule has 1 unspecified atom stereocenters. The van der Waals surface area contributed by atoms with Gasteiger partial charge in [0.25, 0.3) is 0 Å². The quantitative estimate of drug-likeness (QED) is 0.721. The lowest BCUT2D eigenvalue weighted by atomic mass is 10.0. The summed E-state index contributed by atoms with van der Waals surface area (Å²) in [5, 5.41) is 0. The number of hydrogen-bond acceptors (Lipinski definition) is 2. The van der Waals surface area contributed by atoms with Crippen molar-refractivity contribution in [3.63, 3.8) is 0 Å². The van der Waals surface area contributed by atoms with Crippen molar-refractivity contribution in [2.75, 3.05) is 13.1 Å². The molecule has 1 saturated heterocycles. The summed E-state index contributed by atoms with van der Waals surface area (Å²) in [5.41, 5.74) is 8.29. The van der Waals surface area contributed by atoms with Crippen molar-refractivity contribution in [3.05, 3.63) is 71.6 Å². The van der Waals surface area contributed by atoms with Gasteiger partial charge in [0, 0.05) is 11.6 Å². The predicted molar refractivity (Wildman–Crippen MR) is 101 cm³/mol. The van der Waals surface area contributed by atoms with Crippen LogP contribution in [0.5, 0.6) is 0 Å². The molecule has 0 bridgehead atoms. The van der Waals surface area contributed by atoms with Crippen molar-refractivity contribution in [1.82, 2.24) is 4.90 Å². The third kappa shape index (κ3) is 5.68. The number of nitrogens with two attached hydrogens (primary N) is 1. The van der Waals surface area contributed by atoms with Gasteiger partial charge in [-0.1, -0.05) is 30.4 Å². The van der Waals surface area contributed by atoms with Crippen LogP contribution in [0, 0.1) is 0 Å². The zero-order chi connectivity index (χ0) is 18.1. The van der Waals surface area contributed by atoms with Gasteiger partial charge >= 0.3 is 0 Å². The van der Waals surface area contributed by atoms with Gasteiger partial charge < -0.3 is 5.73 Å². The molecule has 4 heteroatoms. The highest BCUT2D eigenvalue weighted by atomic mass is 19.1. The van der Waals surface area contributed by atoms with E-state index in [4.69, 9.17) is 5.73 Å². The lowest BCUT2D eigenvalue weighted by Crippen LogP contribution is -2.31. The largest absolute Gasteiger partial charge is 0.366 e. The first-order chi connectivity index (χ1) is 12.2. The number of carbonyl (C=O) groups excluding carboxylic acids is 1. The number of allylic oxidation sites excluding steroid dienone is 3. The third-order valence-electron chi connectivity index (χ3n) is 4.70. The fourth-order valence-electron chi connectivity index (χ4n) is 3.40. The van der Waals surface area contributed by atoms with E-state index >= 15 is 0 Å². The van der Waals surface area contributed by atoms with Crippen LogP contribution in [0.15, 0.2) is 60.5 Å². The Kier molecular flexibility index (Phi) is 7.61. The number of hydrogen-bond donors (Lipinski definition) is 1. The van der Waals surface area contributed by atoms with Crippen molar-refractivity contribution < 1.29 is 9.18 Å². The van der Waals surface area contributed by atoms with Gasteiger partial charge in [-0.05, 0) is 75.0 Å². The van der Waals surface area contributed by atoms with Gasteiger partial charge in [-0.3, -0.25) is 9.69 Å². The highest BCUT2D eigenvalue weighted by Crippen LogP contribution is 2.25. The van der Waals surface area contributed by atoms with Gasteiger partial charge in [0.15, 0.2) is 0 Å². The molecule has 0 saturated carbocycles. The van der Waals surface area contributed by atoms with Gasteiger partial charge in [-0.25, -0.2) is 4.39 Å². The smallest absolute Gasteiger partial charge is 0.248 e. The molecule has 1 amide bonds. The molecule has 134 valence electrons. The average molecular weight is 342 g/mol. The molecule has 1 aromatic carbocycles. The number of aryl methyl sites for hydroxylation is 1. The number of amides is 1. The standard InChI is InChI=1S/C21H27FN2O/c1-2-18(8-3-4-14-22)20-9-6-16-24(20)15-5-7-17-10-12-19(13-11-17)21(23)25/h2-4,8,10-14,20H,5-7,9,15-16H2,1H3,(H2,23,25)/b8-3-,14-4+,18-2+. The van der Waals surface area contributed by atoms with Crippen LogP contribution in [0.1, 0.15) is 42.1 Å². The molecular formula is C21H27FN2O. The highest BCUT2D eigenvalue weighted by Gasteiger charge is 2.25. The van der Waals surface area contributed by atoms with Crippen LogP contribution < -0.4 is 5.73 Å². The normalized spacial score (nSPS) is 19.3. The molecule has 2 N–H and O–H groups in total. The van der Waals surface area contributed by atoms with E-state index in [1.165, 1.54) is 23.6 Å². The van der Waals surface area contributed by atoms with Crippen LogP contribution in [-0.4, -0.2) is 29.9 Å². The van der Waals surface area contributed by atoms with Crippen molar-refractivity contribution in [2.45, 2.75) is 38.6 Å². The molecule has 1 fully saturated rings. The molecule has 1 atom stereocenters. The third-order valence-corrected chi connectivity index (χ3v) is 4.70. The van der Waals surface area contributed by atoms with Crippen LogP contribution in [0.25, 0.3) is 0 Å². The van der Waals surface area contributed by atoms with Crippen molar-refractivity contribution in [3.8, 4) is 0 Å². The molecule has 1 aliphatic heterocycles. The molecule has 25 heavy (non-hydrogen) atoms. The monoisotopic (exact) mass is 342 g/mol. The molecule has 0 aliphatic carbocycles. The minimum atomic E-state index is -0.388. The van der Waals surface area contributed by atoms with Crippen molar-refractivity contribution in [1.29, 1.82) is 0 Å². The van der Waals surface area contributed by atoms with E-state index in [9.17, 15) is 9.18 Å². The SMILES string of the molecule is C\C=C(/C=C\C=C\F)C1CCCN1CCCc1ccc(C(N)=O)cc1. The van der Waals surface area contributed by atoms with Crippen LogP contribution >= 0.6 is 0 Å². The van der Waals surface area contributed by atoms with Crippen LogP contribution in [-0.2, 0) is 6.42 Å². The zero-order valence-electron chi connectivity index (χ0n) is 14.8. The van der Waals surface area contributed by atoms with Gasteiger partial charge in [0.2, 0.25) is 5.91 Å². The first-order valence-corrected chi connectivity index (χ1v) is 8.88. The molecular weight excluding hydrogens is 315 g/mol. The Labute approximate surface area is 149 Å². The maximum absolute atomic E-state index is 12.1. The summed E-state index contributed by atoms with van der Waals surface area (Å²) in [4.78, 5) is 13.6. The Morgan fingerprint density at radius 2 is 2.08 bits per heavy atom. The first kappa shape index (κ1) is 19.1. The molecule has 1 aliphatic rings. The molecule has 3 nitrogen and oxygen atoms in total. The summed E-state index contributed by atoms with van der Waals surface area (Å²) in [6.45, 7) is 4.18. The Bertz CT molecular complexity index is 646. The number of halogens is 1. The lowest BCUT2D eigenvalue weighted by Gasteiger charge is -2.25. The summed E-state index contributed by atoms with van der Waals surface area (Å²) in [6, 6.07) is 7.96. The second kappa shape index (κ2) is 9.94. The maximum atomic E-state index is 12.1. The summed E-state index contributed by atoms with van der Waals surface area (Å²) >= 11 is 0. The second-order valence-corrected chi connectivity index (χ2v) is 6.32. The number of nitrogens with zero attached hydrogens (tertiary/aromatic N) is 1. The fourth-order valence-corrected chi connectivity index (χ4v) is 3.40. The molecule has 2 rings (SSSR count). The topological polar surface area (TPSA) is 46.3 Å². The van der Waals surface area contributed by atoms with E-state index in [1.807, 2.05) is 25.1 Å². The number of likely N-dealkylation sites (tertiary alicyclic amines) is 1. The minimum Gasteiger partial charge on any atom is -0.366 e. The minimum absolute atomic E-state index is 0.388. The van der Waals surface area contributed by atoms with E-state index < -0.39 is 0 Å². The number of benzene rings is 1. The molecule has 1 heterocycles. The average Bonchev–Trinajstić information content (AvgIpc) is 3.07. The summed E-state index contributed by atoms with van der Waals surface area (Å²) in [7, 11) is 0. The van der Waals surface area contributed by atoms with E-state index in [1.54, 1.807) is 18.2 Å². The Morgan fingerprint density at radius 3 is 2.72 bits per heavy atom. The number of carbonyl (C=O) groups is 1. The second-order valence-electron chi connectivity index (χ2n) is 6.32. The lowest BCUT2D eigenvalue weighted by molar-refractivity contribution is 0.100. The van der Waals surface area contributed by atoms with E-state index in [2.05, 4.69) is 11.0 Å². The van der Waals surface area contributed by atoms with Gasteiger partial charge in [0.1, 0.15) is 0 Å². The Balaban J connectivity index is 1.87. The summed E-state index contributed by atoms with van der Waals surface area (Å²) in [6.07, 6.45) is 12.2. The Morgan fingerprint density at radius 1 is 1.32 bits per heavy atom. The molecule has 1 aromatic rings. The molecule has 0 aromatic heterocycles. The van der Waals surface area contributed by atoms with Crippen molar-refractivity contribution in [2.24, 2.45) is 5.73 Å². The summed E-state index contributed by atoms with van der Waals surface area (Å²) < 4.78 is 12.1. The zero-order valence-corrected chi connectivity index (χ0v) is 14.8. The number of primary amides is 1. The Hall–Kier alpha value is -2.20. The number of rotatable bonds is 8. The predicted octanol–water partition coefficient (Wildman–Crippen LogP) is 4.17. The van der Waals surface area contributed by atoms with Crippen molar-refractivity contribution >= 4 is 5.91 Å². The summed E-state index contributed by atoms with van der Waals surface area (Å²) in [5.74, 6) is -0.388. The van der Waals surface area contributed by atoms with Crippen LogP contribution in [0.4, 0.5) is 4.39 Å². The van der Waals surface area contributed by atoms with Gasteiger partial charge in [-0.2, -0.15) is 0 Å². The fraction of sp³-hybridized carbons (Fsp3) is 0.381. The first-order valence-electron chi connectivity index (χ1n) is 8.88. The van der Waals surface area contributed by atoms with E-state index in [-0.39, 0.29) is 5.91 Å².